The topological polar surface area (TPSA) is 59.2 Å². The summed E-state index contributed by atoms with van der Waals surface area (Å²) in [7, 11) is 3.65. The van der Waals surface area contributed by atoms with E-state index >= 15 is 0 Å². The van der Waals surface area contributed by atoms with Crippen molar-refractivity contribution in [1.29, 1.82) is 5.26 Å². The van der Waals surface area contributed by atoms with E-state index in [1.54, 1.807) is 7.11 Å². The van der Waals surface area contributed by atoms with Gasteiger partial charge in [-0.25, -0.2) is 0 Å². The van der Waals surface area contributed by atoms with Crippen molar-refractivity contribution in [2.75, 3.05) is 26.9 Å². The lowest BCUT2D eigenvalue weighted by Crippen LogP contribution is -2.42. The molecule has 5 nitrogen and oxygen atoms in total. The van der Waals surface area contributed by atoms with Crippen LogP contribution in [0.5, 0.6) is 0 Å². The van der Waals surface area contributed by atoms with Crippen LogP contribution in [-0.4, -0.2) is 37.0 Å². The number of nitrogens with zero attached hydrogens (tertiary/aromatic N) is 2. The van der Waals surface area contributed by atoms with Gasteiger partial charge in [-0.1, -0.05) is 0 Å². The molecule has 0 saturated carbocycles. The van der Waals surface area contributed by atoms with Crippen LogP contribution in [-0.2, 0) is 23.1 Å². The van der Waals surface area contributed by atoms with Crippen LogP contribution in [0.3, 0.4) is 0 Å². The third-order valence-corrected chi connectivity index (χ3v) is 4.02. The summed E-state index contributed by atoms with van der Waals surface area (Å²) >= 11 is 0. The van der Waals surface area contributed by atoms with Gasteiger partial charge in [0.1, 0.15) is 17.4 Å². The molecular formula is C14H21N3O2. The zero-order valence-corrected chi connectivity index (χ0v) is 11.8. The van der Waals surface area contributed by atoms with Crippen molar-refractivity contribution >= 4 is 0 Å². The fourth-order valence-corrected chi connectivity index (χ4v) is 2.43. The van der Waals surface area contributed by atoms with E-state index in [2.05, 4.69) is 11.4 Å². The van der Waals surface area contributed by atoms with Gasteiger partial charge in [-0.05, 0) is 18.6 Å². The molecule has 0 aliphatic carbocycles. The molecule has 1 saturated heterocycles. The molecule has 0 aromatic carbocycles. The lowest BCUT2D eigenvalue weighted by Gasteiger charge is -2.26. The number of ether oxygens (including phenoxy) is 2. The Morgan fingerprint density at radius 3 is 2.95 bits per heavy atom. The number of methoxy groups -OCH3 is 1. The molecule has 2 heterocycles. The summed E-state index contributed by atoms with van der Waals surface area (Å²) in [5.74, 6) is 0. The lowest BCUT2D eigenvalue weighted by atomic mass is 10.0. The molecule has 1 unspecified atom stereocenters. The van der Waals surface area contributed by atoms with Crippen LogP contribution in [0.25, 0.3) is 0 Å². The highest BCUT2D eigenvalue weighted by atomic mass is 16.5. The van der Waals surface area contributed by atoms with E-state index in [0.717, 1.165) is 37.4 Å². The first-order valence-electron chi connectivity index (χ1n) is 6.51. The van der Waals surface area contributed by atoms with Crippen LogP contribution in [0, 0.1) is 18.3 Å². The van der Waals surface area contributed by atoms with Gasteiger partial charge in [-0.3, -0.25) is 0 Å². The average Bonchev–Trinajstić information content (AvgIpc) is 2.99. The largest absolute Gasteiger partial charge is 0.378 e. The van der Waals surface area contributed by atoms with Crippen molar-refractivity contribution in [2.24, 2.45) is 7.05 Å². The summed E-state index contributed by atoms with van der Waals surface area (Å²) in [5, 5.41) is 12.4. The first kappa shape index (κ1) is 14.1. The molecule has 1 aromatic rings. The van der Waals surface area contributed by atoms with Crippen molar-refractivity contribution in [3.8, 4) is 6.07 Å². The predicted octanol–water partition coefficient (Wildman–Crippen LogP) is 1.10. The van der Waals surface area contributed by atoms with Gasteiger partial charge in [0.25, 0.3) is 0 Å². The number of aromatic nitrogens is 1. The van der Waals surface area contributed by atoms with Crippen molar-refractivity contribution in [3.05, 3.63) is 23.0 Å². The van der Waals surface area contributed by atoms with Crippen molar-refractivity contribution in [2.45, 2.75) is 25.5 Å². The third-order valence-electron chi connectivity index (χ3n) is 4.02. The zero-order chi connectivity index (χ0) is 13.9. The number of hydrogen-bond acceptors (Lipinski definition) is 4. The molecule has 0 radical (unpaired) electrons. The molecule has 19 heavy (non-hydrogen) atoms. The van der Waals surface area contributed by atoms with Crippen molar-refractivity contribution in [3.63, 3.8) is 0 Å². The molecule has 1 atom stereocenters. The highest BCUT2D eigenvalue weighted by molar-refractivity contribution is 5.34. The quantitative estimate of drug-likeness (QED) is 0.864. The fraction of sp³-hybridized carbons (Fsp3) is 0.643. The van der Waals surface area contributed by atoms with E-state index in [1.165, 1.54) is 0 Å². The Morgan fingerprint density at radius 2 is 2.42 bits per heavy atom. The normalized spacial score (nSPS) is 22.6. The van der Waals surface area contributed by atoms with E-state index in [4.69, 9.17) is 14.7 Å². The highest BCUT2D eigenvalue weighted by Gasteiger charge is 2.34. The molecule has 0 amide bonds. The van der Waals surface area contributed by atoms with Crippen LogP contribution in [0.4, 0.5) is 0 Å². The summed E-state index contributed by atoms with van der Waals surface area (Å²) in [6.45, 7) is 4.95. The number of rotatable bonds is 5. The first-order chi connectivity index (χ1) is 9.12. The van der Waals surface area contributed by atoms with Gasteiger partial charge in [-0.2, -0.15) is 5.26 Å². The SMILES string of the molecule is COC1(CNCc2cc(C#N)n(C)c2C)CCOC1. The monoisotopic (exact) mass is 263 g/mol. The maximum atomic E-state index is 9.01. The minimum atomic E-state index is -0.194. The fourth-order valence-electron chi connectivity index (χ4n) is 2.43. The van der Waals surface area contributed by atoms with E-state index in [-0.39, 0.29) is 5.60 Å². The van der Waals surface area contributed by atoms with Gasteiger partial charge in [-0.15, -0.1) is 0 Å². The summed E-state index contributed by atoms with van der Waals surface area (Å²) in [4.78, 5) is 0. The average molecular weight is 263 g/mol. The van der Waals surface area contributed by atoms with E-state index in [9.17, 15) is 0 Å². The summed E-state index contributed by atoms with van der Waals surface area (Å²) in [6, 6.07) is 4.13. The van der Waals surface area contributed by atoms with Crippen LogP contribution >= 0.6 is 0 Å². The maximum Gasteiger partial charge on any atom is 0.120 e. The minimum Gasteiger partial charge on any atom is -0.378 e. The summed E-state index contributed by atoms with van der Waals surface area (Å²) in [6.07, 6.45) is 0.924. The first-order valence-corrected chi connectivity index (χ1v) is 6.51. The molecule has 1 aliphatic heterocycles. The molecule has 1 fully saturated rings. The van der Waals surface area contributed by atoms with Crippen LogP contribution in [0.15, 0.2) is 6.07 Å². The Hall–Kier alpha value is -1.35. The lowest BCUT2D eigenvalue weighted by molar-refractivity contribution is -0.0159. The van der Waals surface area contributed by atoms with Crippen molar-refractivity contribution in [1.82, 2.24) is 9.88 Å². The zero-order valence-electron chi connectivity index (χ0n) is 11.8. The summed E-state index contributed by atoms with van der Waals surface area (Å²) in [5.41, 5.74) is 2.78. The van der Waals surface area contributed by atoms with Gasteiger partial charge >= 0.3 is 0 Å². The van der Waals surface area contributed by atoms with E-state index < -0.39 is 0 Å². The van der Waals surface area contributed by atoms with Crippen LogP contribution in [0.2, 0.25) is 0 Å². The number of nitriles is 1. The highest BCUT2D eigenvalue weighted by Crippen LogP contribution is 2.22. The van der Waals surface area contributed by atoms with Crippen molar-refractivity contribution < 1.29 is 9.47 Å². The van der Waals surface area contributed by atoms with Gasteiger partial charge < -0.3 is 19.4 Å². The molecule has 104 valence electrons. The molecule has 0 spiro atoms. The van der Waals surface area contributed by atoms with Gasteiger partial charge in [0.05, 0.1) is 6.61 Å². The molecular weight excluding hydrogens is 242 g/mol. The van der Waals surface area contributed by atoms with Gasteiger partial charge in [0, 0.05) is 46.0 Å². The van der Waals surface area contributed by atoms with Crippen LogP contribution in [0.1, 0.15) is 23.4 Å². The molecule has 0 bridgehead atoms. The molecule has 1 aromatic heterocycles. The second kappa shape index (κ2) is 5.74. The number of nitrogens with one attached hydrogen (secondary N) is 1. The molecule has 2 rings (SSSR count). The smallest absolute Gasteiger partial charge is 0.120 e. The minimum absolute atomic E-state index is 0.194. The Bertz CT molecular complexity index is 482. The molecule has 1 N–H and O–H groups in total. The Kier molecular flexibility index (Phi) is 4.25. The Labute approximate surface area is 114 Å². The Morgan fingerprint density at radius 1 is 1.63 bits per heavy atom. The second-order valence-electron chi connectivity index (χ2n) is 5.10. The van der Waals surface area contributed by atoms with E-state index in [1.807, 2.05) is 24.6 Å². The molecule has 5 heteroatoms. The van der Waals surface area contributed by atoms with Gasteiger partial charge in [0.2, 0.25) is 0 Å². The van der Waals surface area contributed by atoms with Gasteiger partial charge in [0.15, 0.2) is 0 Å². The Balaban J connectivity index is 1.94. The number of hydrogen-bond donors (Lipinski definition) is 1. The second-order valence-corrected chi connectivity index (χ2v) is 5.10. The predicted molar refractivity (Wildman–Crippen MR) is 71.7 cm³/mol. The molecule has 1 aliphatic rings. The third kappa shape index (κ3) is 2.81. The summed E-state index contributed by atoms with van der Waals surface area (Å²) < 4.78 is 12.9. The van der Waals surface area contributed by atoms with E-state index in [0.29, 0.717) is 12.3 Å². The van der Waals surface area contributed by atoms with Crippen LogP contribution < -0.4 is 5.32 Å². The maximum absolute atomic E-state index is 9.01. The standard InChI is InChI=1S/C14H21N3O2/c1-11-12(6-13(7-15)17(11)2)8-16-9-14(18-3)4-5-19-10-14/h6,16H,4-5,8-10H2,1-3H3.